The first-order valence-corrected chi connectivity index (χ1v) is 9.10. The number of aliphatic imine (C=N–C) groups is 1. The van der Waals surface area contributed by atoms with Gasteiger partial charge in [-0.2, -0.15) is 0 Å². The second kappa shape index (κ2) is 9.16. The molecule has 0 bridgehead atoms. The van der Waals surface area contributed by atoms with Crippen molar-refractivity contribution in [1.29, 1.82) is 0 Å². The van der Waals surface area contributed by atoms with Gasteiger partial charge in [-0.1, -0.05) is 12.1 Å². The van der Waals surface area contributed by atoms with Crippen LogP contribution in [0.1, 0.15) is 51.0 Å². The molecule has 2 saturated carbocycles. The maximum Gasteiger partial charge on any atom is 0.191 e. The SMILES string of the molecule is CCNC(=NCC1(c2cccc(F)c2)CC1)NC1CCC(O)CC1.I. The zero-order valence-corrected chi connectivity index (χ0v) is 17.1. The predicted octanol–water partition coefficient (Wildman–Crippen LogP) is 3.33. The Balaban J connectivity index is 0.00000225. The molecule has 1 aromatic carbocycles. The predicted molar refractivity (Wildman–Crippen MR) is 110 cm³/mol. The molecule has 0 aliphatic heterocycles. The molecular weight excluding hydrogens is 432 g/mol. The number of nitrogens with zero attached hydrogens (tertiary/aromatic N) is 1. The van der Waals surface area contributed by atoms with Crippen LogP contribution in [0.15, 0.2) is 29.3 Å². The Bertz CT molecular complexity index is 584. The number of nitrogens with one attached hydrogen (secondary N) is 2. The van der Waals surface area contributed by atoms with E-state index >= 15 is 0 Å². The molecule has 4 nitrogen and oxygen atoms in total. The summed E-state index contributed by atoms with van der Waals surface area (Å²) >= 11 is 0. The van der Waals surface area contributed by atoms with Crippen LogP contribution in [-0.4, -0.2) is 36.3 Å². The first-order valence-electron chi connectivity index (χ1n) is 9.10. The van der Waals surface area contributed by atoms with E-state index in [4.69, 9.17) is 4.99 Å². The normalized spacial score (nSPS) is 25.0. The summed E-state index contributed by atoms with van der Waals surface area (Å²) in [6, 6.07) is 7.30. The van der Waals surface area contributed by atoms with Crippen LogP contribution in [0.5, 0.6) is 0 Å². The minimum Gasteiger partial charge on any atom is -0.393 e. The number of hydrogen-bond acceptors (Lipinski definition) is 2. The van der Waals surface area contributed by atoms with Gasteiger partial charge in [-0.25, -0.2) is 4.39 Å². The summed E-state index contributed by atoms with van der Waals surface area (Å²) < 4.78 is 13.5. The first-order chi connectivity index (χ1) is 11.6. The first kappa shape index (κ1) is 20.4. The van der Waals surface area contributed by atoms with Crippen molar-refractivity contribution in [3.63, 3.8) is 0 Å². The molecule has 0 spiro atoms. The quantitative estimate of drug-likeness (QED) is 0.358. The van der Waals surface area contributed by atoms with E-state index in [-0.39, 0.29) is 41.3 Å². The highest BCUT2D eigenvalue weighted by molar-refractivity contribution is 14.0. The highest BCUT2D eigenvalue weighted by Gasteiger charge is 2.44. The Morgan fingerprint density at radius 1 is 1.28 bits per heavy atom. The maximum atomic E-state index is 13.5. The van der Waals surface area contributed by atoms with Gasteiger partial charge >= 0.3 is 0 Å². The van der Waals surface area contributed by atoms with Crippen LogP contribution >= 0.6 is 24.0 Å². The molecule has 0 radical (unpaired) electrons. The van der Waals surface area contributed by atoms with Crippen LogP contribution in [0.4, 0.5) is 4.39 Å². The topological polar surface area (TPSA) is 56.7 Å². The molecule has 0 saturated heterocycles. The van der Waals surface area contributed by atoms with Crippen LogP contribution < -0.4 is 10.6 Å². The van der Waals surface area contributed by atoms with Gasteiger partial charge in [-0.3, -0.25) is 4.99 Å². The van der Waals surface area contributed by atoms with Gasteiger partial charge in [0.2, 0.25) is 0 Å². The lowest BCUT2D eigenvalue weighted by Crippen LogP contribution is -2.45. The fourth-order valence-electron chi connectivity index (χ4n) is 3.47. The van der Waals surface area contributed by atoms with Crippen molar-refractivity contribution >= 4 is 29.9 Å². The standard InChI is InChI=1S/C19H28FN3O.HI/c1-2-21-18(23-16-6-8-17(24)9-7-16)22-13-19(10-11-19)14-4-3-5-15(20)12-14;/h3-5,12,16-17,24H,2,6-11,13H2,1H3,(H2,21,22,23);1H. The molecule has 0 amide bonds. The summed E-state index contributed by atoms with van der Waals surface area (Å²) in [5, 5.41) is 16.4. The molecule has 140 valence electrons. The molecule has 3 rings (SSSR count). The monoisotopic (exact) mass is 461 g/mol. The fraction of sp³-hybridized carbons (Fsp3) is 0.632. The summed E-state index contributed by atoms with van der Waals surface area (Å²) in [7, 11) is 0. The molecule has 1 aromatic rings. The van der Waals surface area contributed by atoms with E-state index < -0.39 is 0 Å². The number of benzene rings is 1. The summed E-state index contributed by atoms with van der Waals surface area (Å²) in [6.45, 7) is 3.55. The third kappa shape index (κ3) is 5.54. The molecule has 0 unspecified atom stereocenters. The van der Waals surface area contributed by atoms with Crippen LogP contribution in [0.3, 0.4) is 0 Å². The molecule has 2 aliphatic rings. The van der Waals surface area contributed by atoms with Crippen molar-refractivity contribution in [1.82, 2.24) is 10.6 Å². The van der Waals surface area contributed by atoms with Crippen LogP contribution in [0.2, 0.25) is 0 Å². The van der Waals surface area contributed by atoms with Gasteiger partial charge in [0.1, 0.15) is 5.82 Å². The average molecular weight is 461 g/mol. The molecule has 25 heavy (non-hydrogen) atoms. The number of hydrogen-bond donors (Lipinski definition) is 3. The van der Waals surface area contributed by atoms with Gasteiger partial charge in [0.25, 0.3) is 0 Å². The van der Waals surface area contributed by atoms with Gasteiger partial charge in [0, 0.05) is 18.0 Å². The van der Waals surface area contributed by atoms with Crippen molar-refractivity contribution in [2.24, 2.45) is 4.99 Å². The van der Waals surface area contributed by atoms with Crippen molar-refractivity contribution in [2.45, 2.75) is 63.0 Å². The molecule has 0 aromatic heterocycles. The molecule has 3 N–H and O–H groups in total. The van der Waals surface area contributed by atoms with E-state index in [9.17, 15) is 9.50 Å². The molecule has 0 atom stereocenters. The highest BCUT2D eigenvalue weighted by atomic mass is 127. The number of halogens is 2. The lowest BCUT2D eigenvalue weighted by Gasteiger charge is -2.28. The van der Waals surface area contributed by atoms with Gasteiger partial charge in [0.15, 0.2) is 5.96 Å². The number of guanidine groups is 1. The van der Waals surface area contributed by atoms with Crippen molar-refractivity contribution in [2.75, 3.05) is 13.1 Å². The van der Waals surface area contributed by atoms with Crippen LogP contribution in [0.25, 0.3) is 0 Å². The van der Waals surface area contributed by atoms with Gasteiger partial charge < -0.3 is 15.7 Å². The van der Waals surface area contributed by atoms with E-state index in [1.807, 2.05) is 6.07 Å². The highest BCUT2D eigenvalue weighted by Crippen LogP contribution is 2.48. The smallest absolute Gasteiger partial charge is 0.191 e. The Labute approximate surface area is 166 Å². The molecule has 0 heterocycles. The van der Waals surface area contributed by atoms with E-state index in [0.29, 0.717) is 12.6 Å². The summed E-state index contributed by atoms with van der Waals surface area (Å²) in [5.41, 5.74) is 1.07. The minimum absolute atomic E-state index is 0. The number of rotatable bonds is 5. The van der Waals surface area contributed by atoms with E-state index in [0.717, 1.165) is 56.6 Å². The third-order valence-electron chi connectivity index (χ3n) is 5.21. The summed E-state index contributed by atoms with van der Waals surface area (Å²) in [6.07, 6.45) is 5.63. The molecule has 2 aliphatic carbocycles. The van der Waals surface area contributed by atoms with Gasteiger partial charge in [-0.05, 0) is 63.1 Å². The van der Waals surface area contributed by atoms with Gasteiger partial charge in [0.05, 0.1) is 12.6 Å². The maximum absolute atomic E-state index is 13.5. The van der Waals surface area contributed by atoms with E-state index in [1.165, 1.54) is 6.07 Å². The molecular formula is C19H29FIN3O. The number of aliphatic hydroxyl groups is 1. The second-order valence-corrected chi connectivity index (χ2v) is 7.14. The van der Waals surface area contributed by atoms with Crippen LogP contribution in [0, 0.1) is 5.82 Å². The van der Waals surface area contributed by atoms with Crippen molar-refractivity contribution in [3.8, 4) is 0 Å². The van der Waals surface area contributed by atoms with E-state index in [1.54, 1.807) is 12.1 Å². The lowest BCUT2D eigenvalue weighted by atomic mass is 9.93. The minimum atomic E-state index is -0.173. The largest absolute Gasteiger partial charge is 0.393 e. The van der Waals surface area contributed by atoms with Crippen LogP contribution in [-0.2, 0) is 5.41 Å². The molecule has 6 heteroatoms. The summed E-state index contributed by atoms with van der Waals surface area (Å²) in [5.74, 6) is 0.662. The molecule has 2 fully saturated rings. The Morgan fingerprint density at radius 2 is 2.00 bits per heavy atom. The third-order valence-corrected chi connectivity index (χ3v) is 5.21. The second-order valence-electron chi connectivity index (χ2n) is 7.14. The van der Waals surface area contributed by atoms with Crippen molar-refractivity contribution < 1.29 is 9.50 Å². The zero-order chi connectivity index (χ0) is 17.0. The Kier molecular flexibility index (Phi) is 7.49. The Morgan fingerprint density at radius 3 is 2.60 bits per heavy atom. The van der Waals surface area contributed by atoms with Crippen molar-refractivity contribution in [3.05, 3.63) is 35.6 Å². The van der Waals surface area contributed by atoms with E-state index in [2.05, 4.69) is 17.6 Å². The lowest BCUT2D eigenvalue weighted by molar-refractivity contribution is 0.120. The fourth-order valence-corrected chi connectivity index (χ4v) is 3.47. The average Bonchev–Trinajstić information content (AvgIpc) is 3.36. The summed E-state index contributed by atoms with van der Waals surface area (Å²) in [4.78, 5) is 4.78. The zero-order valence-electron chi connectivity index (χ0n) is 14.8. The number of aliphatic hydroxyl groups excluding tert-OH is 1. The van der Waals surface area contributed by atoms with Gasteiger partial charge in [-0.15, -0.1) is 24.0 Å². The Hall–Kier alpha value is -0.890.